The monoisotopic (exact) mass is 605 g/mol. The molecule has 44 heavy (non-hydrogen) atoms. The van der Waals surface area contributed by atoms with Crippen molar-refractivity contribution >= 4 is 27.6 Å². The summed E-state index contributed by atoms with van der Waals surface area (Å²) in [6.45, 7) is 8.01. The fourth-order valence-corrected chi connectivity index (χ4v) is 6.77. The summed E-state index contributed by atoms with van der Waals surface area (Å²) >= 11 is 1.77. The second-order valence-electron chi connectivity index (χ2n) is 12.4. The molecule has 2 aromatic carbocycles. The number of rotatable bonds is 9. The number of fused-ring (bicyclic) bond motifs is 2. The molecule has 0 radical (unpaired) electrons. The molecule has 5 aromatic rings. The van der Waals surface area contributed by atoms with Crippen LogP contribution in [-0.4, -0.2) is 36.4 Å². The molecule has 0 bridgehead atoms. The van der Waals surface area contributed by atoms with Gasteiger partial charge in [0.1, 0.15) is 10.6 Å². The van der Waals surface area contributed by atoms with Crippen molar-refractivity contribution in [2.45, 2.75) is 77.9 Å². The van der Waals surface area contributed by atoms with E-state index in [2.05, 4.69) is 58.4 Å². The SMILES string of the molecule is CC(C)(C)OC(=O)N(Cc1ccc(CN(Cc2nc3ccccc3s2)C2CCCc3cccnc32)cc1)Cc1ccccn1. The molecule has 1 aliphatic rings. The van der Waals surface area contributed by atoms with Crippen molar-refractivity contribution in [2.24, 2.45) is 0 Å². The number of hydrogen-bond acceptors (Lipinski definition) is 7. The van der Waals surface area contributed by atoms with Gasteiger partial charge in [-0.3, -0.25) is 19.8 Å². The number of aromatic nitrogens is 3. The smallest absolute Gasteiger partial charge is 0.410 e. The molecule has 226 valence electrons. The van der Waals surface area contributed by atoms with Crippen LogP contribution in [0.2, 0.25) is 0 Å². The normalized spacial score (nSPS) is 14.9. The van der Waals surface area contributed by atoms with Crippen LogP contribution in [0.4, 0.5) is 4.79 Å². The van der Waals surface area contributed by atoms with Gasteiger partial charge < -0.3 is 4.74 Å². The summed E-state index contributed by atoms with van der Waals surface area (Å²) in [7, 11) is 0. The summed E-state index contributed by atoms with van der Waals surface area (Å²) in [5.41, 5.74) is 6.09. The summed E-state index contributed by atoms with van der Waals surface area (Å²) in [5.74, 6) is 0. The van der Waals surface area contributed by atoms with Crippen molar-refractivity contribution in [3.8, 4) is 0 Å². The van der Waals surface area contributed by atoms with Gasteiger partial charge in [0.2, 0.25) is 0 Å². The predicted octanol–water partition coefficient (Wildman–Crippen LogP) is 8.10. The second-order valence-corrected chi connectivity index (χ2v) is 13.5. The number of amides is 1. The molecule has 7 nitrogen and oxygen atoms in total. The summed E-state index contributed by atoms with van der Waals surface area (Å²) in [5, 5.41) is 1.12. The molecule has 6 rings (SSSR count). The van der Waals surface area contributed by atoms with Gasteiger partial charge in [-0.2, -0.15) is 0 Å². The highest BCUT2D eigenvalue weighted by Crippen LogP contribution is 2.36. The Morgan fingerprint density at radius 2 is 1.61 bits per heavy atom. The number of para-hydroxylation sites is 1. The number of thiazole rings is 1. The molecule has 0 saturated heterocycles. The summed E-state index contributed by atoms with van der Waals surface area (Å²) in [6, 6.07) is 27.2. The standard InChI is InChI=1S/C36H39N5O2S/c1-36(2,3)43-35(42)41(24-29-12-6-7-20-37-29)23-27-18-16-26(17-19-27)22-40(25-33-39-30-13-4-5-15-32(30)44-33)31-14-8-10-28-11-9-21-38-34(28)31/h4-7,9,11-13,15-21,31H,8,10,14,22-25H2,1-3H3. The van der Waals surface area contributed by atoms with Crippen LogP contribution < -0.4 is 0 Å². The van der Waals surface area contributed by atoms with Crippen molar-refractivity contribution in [1.82, 2.24) is 24.8 Å². The third-order valence-electron chi connectivity index (χ3n) is 7.80. The van der Waals surface area contributed by atoms with Gasteiger partial charge in [0, 0.05) is 25.5 Å². The van der Waals surface area contributed by atoms with E-state index in [0.29, 0.717) is 13.1 Å². The first-order chi connectivity index (χ1) is 21.3. The Balaban J connectivity index is 1.22. The van der Waals surface area contributed by atoms with Crippen LogP contribution in [0.25, 0.3) is 10.2 Å². The van der Waals surface area contributed by atoms with Crippen LogP contribution >= 0.6 is 11.3 Å². The number of aryl methyl sites for hydroxylation is 1. The van der Waals surface area contributed by atoms with Crippen LogP contribution in [-0.2, 0) is 37.3 Å². The molecule has 1 aliphatic carbocycles. The number of pyridine rings is 2. The zero-order chi connectivity index (χ0) is 30.5. The maximum absolute atomic E-state index is 13.2. The number of hydrogen-bond donors (Lipinski definition) is 0. The van der Waals surface area contributed by atoms with Crippen LogP contribution in [0.15, 0.2) is 91.3 Å². The minimum atomic E-state index is -0.581. The summed E-state index contributed by atoms with van der Waals surface area (Å²) in [6.07, 6.45) is 6.62. The van der Waals surface area contributed by atoms with E-state index in [-0.39, 0.29) is 12.1 Å². The highest BCUT2D eigenvalue weighted by molar-refractivity contribution is 7.18. The highest BCUT2D eigenvalue weighted by atomic mass is 32.1. The van der Waals surface area contributed by atoms with E-state index < -0.39 is 5.60 Å². The van der Waals surface area contributed by atoms with E-state index in [0.717, 1.165) is 54.1 Å². The van der Waals surface area contributed by atoms with Crippen LogP contribution in [0.3, 0.4) is 0 Å². The van der Waals surface area contributed by atoms with Crippen molar-refractivity contribution in [2.75, 3.05) is 0 Å². The fourth-order valence-electron chi connectivity index (χ4n) is 5.78. The molecule has 0 fully saturated rings. The molecule has 0 saturated carbocycles. The average molecular weight is 606 g/mol. The zero-order valence-electron chi connectivity index (χ0n) is 25.6. The Labute approximate surface area is 263 Å². The third-order valence-corrected chi connectivity index (χ3v) is 8.82. The van der Waals surface area contributed by atoms with Gasteiger partial charge >= 0.3 is 6.09 Å². The van der Waals surface area contributed by atoms with Gasteiger partial charge in [-0.15, -0.1) is 11.3 Å². The lowest BCUT2D eigenvalue weighted by atomic mass is 9.90. The number of ether oxygens (including phenoxy) is 1. The minimum Gasteiger partial charge on any atom is -0.444 e. The maximum atomic E-state index is 13.2. The van der Waals surface area contributed by atoms with Gasteiger partial charge in [-0.25, -0.2) is 9.78 Å². The molecule has 0 aliphatic heterocycles. The van der Waals surface area contributed by atoms with Gasteiger partial charge in [0.25, 0.3) is 0 Å². The largest absolute Gasteiger partial charge is 0.444 e. The van der Waals surface area contributed by atoms with Crippen molar-refractivity contribution in [3.05, 3.63) is 124 Å². The first-order valence-corrected chi connectivity index (χ1v) is 16.1. The Morgan fingerprint density at radius 3 is 2.36 bits per heavy atom. The first-order valence-electron chi connectivity index (χ1n) is 15.3. The predicted molar refractivity (Wildman–Crippen MR) is 175 cm³/mol. The summed E-state index contributed by atoms with van der Waals surface area (Å²) in [4.78, 5) is 31.7. The summed E-state index contributed by atoms with van der Waals surface area (Å²) < 4.78 is 6.95. The van der Waals surface area contributed by atoms with Gasteiger partial charge in [0.05, 0.1) is 40.7 Å². The molecule has 3 heterocycles. The fraction of sp³-hybridized carbons (Fsp3) is 0.333. The van der Waals surface area contributed by atoms with E-state index in [4.69, 9.17) is 14.7 Å². The number of carbonyl (C=O) groups excluding carboxylic acids is 1. The molecule has 0 spiro atoms. The van der Waals surface area contributed by atoms with Gasteiger partial charge in [0.15, 0.2) is 0 Å². The van der Waals surface area contributed by atoms with Crippen molar-refractivity contribution < 1.29 is 9.53 Å². The third kappa shape index (κ3) is 7.49. The average Bonchev–Trinajstić information content (AvgIpc) is 3.43. The Hall–Kier alpha value is -4.14. The molecule has 1 amide bonds. The lowest BCUT2D eigenvalue weighted by Gasteiger charge is -2.34. The van der Waals surface area contributed by atoms with Crippen LogP contribution in [0.5, 0.6) is 0 Å². The highest BCUT2D eigenvalue weighted by Gasteiger charge is 2.28. The Morgan fingerprint density at radius 1 is 0.864 bits per heavy atom. The lowest BCUT2D eigenvalue weighted by Crippen LogP contribution is -2.36. The molecule has 0 N–H and O–H groups in total. The van der Waals surface area contributed by atoms with E-state index in [9.17, 15) is 4.79 Å². The quantitative estimate of drug-likeness (QED) is 0.169. The van der Waals surface area contributed by atoms with E-state index in [1.807, 2.05) is 57.3 Å². The maximum Gasteiger partial charge on any atom is 0.410 e. The number of carbonyl (C=O) groups is 1. The van der Waals surface area contributed by atoms with Crippen LogP contribution in [0, 0.1) is 0 Å². The molecule has 3 aromatic heterocycles. The molecular formula is C36H39N5O2S. The van der Waals surface area contributed by atoms with Crippen LogP contribution in [0.1, 0.15) is 72.7 Å². The lowest BCUT2D eigenvalue weighted by molar-refractivity contribution is 0.0214. The van der Waals surface area contributed by atoms with E-state index in [1.165, 1.54) is 21.5 Å². The first kappa shape index (κ1) is 29.9. The van der Waals surface area contributed by atoms with E-state index >= 15 is 0 Å². The van der Waals surface area contributed by atoms with E-state index in [1.54, 1.807) is 22.4 Å². The zero-order valence-corrected chi connectivity index (χ0v) is 26.5. The number of nitrogens with zero attached hydrogens (tertiary/aromatic N) is 5. The Kier molecular flexibility index (Phi) is 9.00. The van der Waals surface area contributed by atoms with Gasteiger partial charge in [-0.05, 0) is 87.1 Å². The Bertz CT molecular complexity index is 1660. The molecule has 1 atom stereocenters. The molecule has 1 unspecified atom stereocenters. The minimum absolute atomic E-state index is 0.229. The molecule has 8 heteroatoms. The van der Waals surface area contributed by atoms with Crippen molar-refractivity contribution in [3.63, 3.8) is 0 Å². The molecular weight excluding hydrogens is 566 g/mol. The topological polar surface area (TPSA) is 71.5 Å². The van der Waals surface area contributed by atoms with Crippen molar-refractivity contribution in [1.29, 1.82) is 0 Å². The second kappa shape index (κ2) is 13.2. The van der Waals surface area contributed by atoms with Gasteiger partial charge in [-0.1, -0.05) is 48.5 Å². The number of benzene rings is 2.